The minimum Gasteiger partial charge on any atom is -0.490 e. The highest BCUT2D eigenvalue weighted by Gasteiger charge is 2.36. The lowest BCUT2D eigenvalue weighted by molar-refractivity contribution is -0.139. The fourth-order valence-corrected chi connectivity index (χ4v) is 4.53. The van der Waals surface area contributed by atoms with Crippen LogP contribution in [-0.4, -0.2) is 43.3 Å². The van der Waals surface area contributed by atoms with Crippen molar-refractivity contribution in [2.75, 3.05) is 30.8 Å². The quantitative estimate of drug-likeness (QED) is 0.518. The summed E-state index contributed by atoms with van der Waals surface area (Å²) >= 11 is 3.47. The number of fused-ring (bicyclic) bond motifs is 1. The number of nitrogens with one attached hydrogen (secondary N) is 2. The molecule has 2 aliphatic rings. The van der Waals surface area contributed by atoms with Crippen LogP contribution in [0.15, 0.2) is 34.8 Å². The SMILES string of the molecule is CC1Cc2c(Br)ccc(NC(=O)Nc3ccc(OC4CCN(C)CC4)c(C(F)(F)F)c3)c2O1. The molecule has 33 heavy (non-hydrogen) atoms. The molecule has 2 amide bonds. The molecule has 1 fully saturated rings. The van der Waals surface area contributed by atoms with E-state index in [0.717, 1.165) is 29.2 Å². The van der Waals surface area contributed by atoms with Crippen LogP contribution in [0, 0.1) is 0 Å². The molecule has 2 heterocycles. The standard InChI is InChI=1S/C23H25BrF3N3O3/c1-13-11-16-18(24)4-5-19(21(16)32-13)29-22(31)28-14-3-6-20(17(12-14)23(25,26)27)33-15-7-9-30(2)10-8-15/h3-6,12-13,15H,7-11H2,1-2H3,(H2,28,29,31). The average molecular weight is 528 g/mol. The molecule has 0 bridgehead atoms. The number of amides is 2. The third kappa shape index (κ3) is 5.55. The first kappa shape index (κ1) is 23.7. The van der Waals surface area contributed by atoms with Gasteiger partial charge in [0.2, 0.25) is 0 Å². The zero-order valence-corrected chi connectivity index (χ0v) is 19.8. The number of rotatable bonds is 4. The van der Waals surface area contributed by atoms with Crippen molar-refractivity contribution in [3.63, 3.8) is 0 Å². The van der Waals surface area contributed by atoms with E-state index >= 15 is 0 Å². The third-order valence-electron chi connectivity index (χ3n) is 5.76. The Morgan fingerprint density at radius 1 is 1.18 bits per heavy atom. The van der Waals surface area contributed by atoms with E-state index in [0.29, 0.717) is 30.7 Å². The molecule has 2 aromatic carbocycles. The van der Waals surface area contributed by atoms with Gasteiger partial charge in [0.25, 0.3) is 0 Å². The van der Waals surface area contributed by atoms with Crippen molar-refractivity contribution in [1.29, 1.82) is 0 Å². The van der Waals surface area contributed by atoms with Crippen LogP contribution < -0.4 is 20.1 Å². The summed E-state index contributed by atoms with van der Waals surface area (Å²) in [6.45, 7) is 3.46. The van der Waals surface area contributed by atoms with Gasteiger partial charge in [0.15, 0.2) is 0 Å². The molecule has 0 radical (unpaired) electrons. The maximum absolute atomic E-state index is 13.7. The molecule has 6 nitrogen and oxygen atoms in total. The van der Waals surface area contributed by atoms with E-state index in [1.165, 1.54) is 12.1 Å². The van der Waals surface area contributed by atoms with Crippen molar-refractivity contribution in [3.05, 3.63) is 45.9 Å². The second kappa shape index (κ2) is 9.42. The maximum atomic E-state index is 13.7. The fourth-order valence-electron chi connectivity index (χ4n) is 4.06. The molecular formula is C23H25BrF3N3O3. The Kier molecular flexibility index (Phi) is 6.76. The summed E-state index contributed by atoms with van der Waals surface area (Å²) in [5.41, 5.74) is 0.489. The Labute approximate surface area is 198 Å². The lowest BCUT2D eigenvalue weighted by Crippen LogP contribution is -2.36. The second-order valence-corrected chi connectivity index (χ2v) is 9.30. The molecule has 1 unspecified atom stereocenters. The van der Waals surface area contributed by atoms with Gasteiger partial charge in [-0.1, -0.05) is 15.9 Å². The largest absolute Gasteiger partial charge is 0.490 e. The van der Waals surface area contributed by atoms with Gasteiger partial charge in [-0.25, -0.2) is 4.79 Å². The van der Waals surface area contributed by atoms with Crippen LogP contribution in [0.1, 0.15) is 30.9 Å². The van der Waals surface area contributed by atoms with Gasteiger partial charge in [-0.05, 0) is 57.1 Å². The van der Waals surface area contributed by atoms with E-state index in [2.05, 4.69) is 31.5 Å². The Bertz CT molecular complexity index is 1040. The van der Waals surface area contributed by atoms with Gasteiger partial charge in [-0.15, -0.1) is 0 Å². The van der Waals surface area contributed by atoms with Crippen molar-refractivity contribution in [2.24, 2.45) is 0 Å². The summed E-state index contributed by atoms with van der Waals surface area (Å²) in [6, 6.07) is 6.38. The predicted molar refractivity (Wildman–Crippen MR) is 123 cm³/mol. The molecule has 2 aliphatic heterocycles. The Balaban J connectivity index is 1.48. The first-order valence-corrected chi connectivity index (χ1v) is 11.5. The van der Waals surface area contributed by atoms with E-state index in [9.17, 15) is 18.0 Å². The first-order valence-electron chi connectivity index (χ1n) is 10.7. The molecule has 10 heteroatoms. The number of hydrogen-bond donors (Lipinski definition) is 2. The molecule has 0 spiro atoms. The summed E-state index contributed by atoms with van der Waals surface area (Å²) in [4.78, 5) is 14.6. The van der Waals surface area contributed by atoms with E-state index in [4.69, 9.17) is 9.47 Å². The number of carbonyl (C=O) groups is 1. The summed E-state index contributed by atoms with van der Waals surface area (Å²) in [5.74, 6) is 0.334. The smallest absolute Gasteiger partial charge is 0.420 e. The molecule has 2 N–H and O–H groups in total. The van der Waals surface area contributed by atoms with Crippen LogP contribution in [0.3, 0.4) is 0 Å². The Hall–Kier alpha value is -2.46. The minimum absolute atomic E-state index is 0.0126. The molecule has 2 aromatic rings. The highest BCUT2D eigenvalue weighted by molar-refractivity contribution is 9.10. The zero-order valence-electron chi connectivity index (χ0n) is 18.3. The van der Waals surface area contributed by atoms with Crippen molar-refractivity contribution < 1.29 is 27.4 Å². The second-order valence-electron chi connectivity index (χ2n) is 8.44. The third-order valence-corrected chi connectivity index (χ3v) is 6.51. The van der Waals surface area contributed by atoms with Crippen LogP contribution in [-0.2, 0) is 12.6 Å². The number of urea groups is 1. The average Bonchev–Trinajstić information content (AvgIpc) is 3.15. The van der Waals surface area contributed by atoms with E-state index < -0.39 is 17.8 Å². The number of ether oxygens (including phenoxy) is 2. The van der Waals surface area contributed by atoms with Gasteiger partial charge in [0.05, 0.1) is 11.3 Å². The number of nitrogens with zero attached hydrogens (tertiary/aromatic N) is 1. The Morgan fingerprint density at radius 2 is 1.91 bits per heavy atom. The normalized spacial score (nSPS) is 19.0. The van der Waals surface area contributed by atoms with Gasteiger partial charge in [0, 0.05) is 35.2 Å². The predicted octanol–water partition coefficient (Wildman–Crippen LogP) is 5.91. The van der Waals surface area contributed by atoms with Gasteiger partial charge >= 0.3 is 12.2 Å². The molecule has 0 aliphatic carbocycles. The number of piperidine rings is 1. The Morgan fingerprint density at radius 3 is 2.61 bits per heavy atom. The molecule has 1 atom stereocenters. The monoisotopic (exact) mass is 527 g/mol. The van der Waals surface area contributed by atoms with Gasteiger partial charge in [-0.3, -0.25) is 0 Å². The number of likely N-dealkylation sites (tertiary alicyclic amines) is 1. The lowest BCUT2D eigenvalue weighted by atomic mass is 10.1. The number of alkyl halides is 3. The van der Waals surface area contributed by atoms with Crippen molar-refractivity contribution in [1.82, 2.24) is 4.90 Å². The molecule has 0 saturated carbocycles. The number of benzene rings is 2. The van der Waals surface area contributed by atoms with Crippen molar-refractivity contribution >= 4 is 33.3 Å². The number of hydrogen-bond acceptors (Lipinski definition) is 4. The summed E-state index contributed by atoms with van der Waals surface area (Å²) in [7, 11) is 1.97. The highest BCUT2D eigenvalue weighted by Crippen LogP contribution is 2.41. The van der Waals surface area contributed by atoms with Gasteiger partial charge in [-0.2, -0.15) is 13.2 Å². The van der Waals surface area contributed by atoms with E-state index in [-0.39, 0.29) is 23.6 Å². The lowest BCUT2D eigenvalue weighted by Gasteiger charge is -2.30. The molecular weight excluding hydrogens is 503 g/mol. The summed E-state index contributed by atoms with van der Waals surface area (Å²) < 4.78 is 53.5. The highest BCUT2D eigenvalue weighted by atomic mass is 79.9. The molecule has 178 valence electrons. The molecule has 0 aromatic heterocycles. The maximum Gasteiger partial charge on any atom is 0.420 e. The fraction of sp³-hybridized carbons (Fsp3) is 0.435. The van der Waals surface area contributed by atoms with E-state index in [1.807, 2.05) is 14.0 Å². The zero-order chi connectivity index (χ0) is 23.8. The van der Waals surface area contributed by atoms with Gasteiger partial charge in [0.1, 0.15) is 23.7 Å². The number of anilines is 2. The number of carbonyl (C=O) groups excluding carboxylic acids is 1. The molecule has 1 saturated heterocycles. The molecule has 4 rings (SSSR count). The van der Waals surface area contributed by atoms with Crippen LogP contribution in [0.2, 0.25) is 0 Å². The van der Waals surface area contributed by atoms with Crippen LogP contribution in [0.4, 0.5) is 29.3 Å². The van der Waals surface area contributed by atoms with Crippen molar-refractivity contribution in [3.8, 4) is 11.5 Å². The number of halogens is 4. The van der Waals surface area contributed by atoms with Crippen LogP contribution in [0.25, 0.3) is 0 Å². The first-order chi connectivity index (χ1) is 15.6. The van der Waals surface area contributed by atoms with Crippen molar-refractivity contribution in [2.45, 2.75) is 44.6 Å². The topological polar surface area (TPSA) is 62.8 Å². The summed E-state index contributed by atoms with van der Waals surface area (Å²) in [6.07, 6.45) is -2.91. The van der Waals surface area contributed by atoms with Crippen LogP contribution in [0.5, 0.6) is 11.5 Å². The van der Waals surface area contributed by atoms with Gasteiger partial charge < -0.3 is 25.0 Å². The minimum atomic E-state index is -4.62. The van der Waals surface area contributed by atoms with E-state index in [1.54, 1.807) is 12.1 Å². The summed E-state index contributed by atoms with van der Waals surface area (Å²) in [5, 5.41) is 5.15. The van der Waals surface area contributed by atoms with Crippen LogP contribution >= 0.6 is 15.9 Å².